The molecule has 20 heavy (non-hydrogen) atoms. The van der Waals surface area contributed by atoms with Gasteiger partial charge in [-0.1, -0.05) is 26.2 Å². The Labute approximate surface area is 144 Å². The molecule has 0 aliphatic carbocycles. The summed E-state index contributed by atoms with van der Waals surface area (Å²) in [5.74, 6) is -2.50. The van der Waals surface area contributed by atoms with Gasteiger partial charge in [-0.3, -0.25) is 14.4 Å². The maximum Gasteiger partial charge on any atom is 1.00 e. The summed E-state index contributed by atoms with van der Waals surface area (Å²) >= 11 is 0. The van der Waals surface area contributed by atoms with Crippen molar-refractivity contribution < 1.29 is 64.4 Å². The molecule has 0 fully saturated rings. The van der Waals surface area contributed by atoms with Gasteiger partial charge in [-0.05, 0) is 0 Å². The third-order valence-electron chi connectivity index (χ3n) is 0.748. The van der Waals surface area contributed by atoms with E-state index in [1.807, 2.05) is 0 Å². The van der Waals surface area contributed by atoms with Gasteiger partial charge < -0.3 is 20.4 Å². The van der Waals surface area contributed by atoms with Crippen molar-refractivity contribution in [3.8, 4) is 0 Å². The minimum atomic E-state index is -0.833. The van der Waals surface area contributed by atoms with Crippen LogP contribution in [0.1, 0.15) is 47.0 Å². The Hall–Kier alpha value is -0.565. The van der Waals surface area contributed by atoms with Crippen LogP contribution in [0.2, 0.25) is 0 Å². The maximum absolute atomic E-state index is 9.69. The van der Waals surface area contributed by atoms with E-state index in [0.29, 0.717) is 0 Å². The van der Waals surface area contributed by atoms with Crippen molar-refractivity contribution in [3.63, 3.8) is 0 Å². The molecular formula is C11H26BNaO7. The van der Waals surface area contributed by atoms with E-state index in [-0.39, 0.29) is 44.6 Å². The SMILES string of the molecule is B.CC(=O)O.CC(=O)O.CC(=O)O.CCCCC[O-].[Na+]. The number of rotatable bonds is 3. The number of carbonyl (C=O) groups is 3. The third-order valence-corrected chi connectivity index (χ3v) is 0.748. The van der Waals surface area contributed by atoms with Gasteiger partial charge in [-0.15, -0.1) is 6.61 Å². The van der Waals surface area contributed by atoms with E-state index in [0.717, 1.165) is 40.0 Å². The second kappa shape index (κ2) is 36.2. The monoisotopic (exact) mass is 304 g/mol. The topological polar surface area (TPSA) is 135 Å². The first-order valence-corrected chi connectivity index (χ1v) is 5.28. The minimum absolute atomic E-state index is 0. The van der Waals surface area contributed by atoms with Crippen molar-refractivity contribution in [1.29, 1.82) is 0 Å². The van der Waals surface area contributed by atoms with Gasteiger partial charge in [0.2, 0.25) is 0 Å². The molecule has 0 aliphatic heterocycles. The van der Waals surface area contributed by atoms with Crippen LogP contribution in [0, 0.1) is 0 Å². The first-order chi connectivity index (χ1) is 8.11. The molecule has 0 aromatic rings. The molecular weight excluding hydrogens is 278 g/mol. The number of carboxylic acids is 3. The van der Waals surface area contributed by atoms with Crippen molar-refractivity contribution in [3.05, 3.63) is 0 Å². The van der Waals surface area contributed by atoms with Gasteiger partial charge in [-0.25, -0.2) is 0 Å². The Kier molecular flexibility index (Phi) is 66.3. The Balaban J connectivity index is -0.0000000322. The van der Waals surface area contributed by atoms with E-state index in [4.69, 9.17) is 29.7 Å². The zero-order valence-corrected chi connectivity index (χ0v) is 14.3. The molecule has 0 atom stereocenters. The Morgan fingerprint density at radius 2 is 1.05 bits per heavy atom. The molecule has 3 N–H and O–H groups in total. The van der Waals surface area contributed by atoms with Gasteiger partial charge in [0.15, 0.2) is 0 Å². The van der Waals surface area contributed by atoms with Gasteiger partial charge in [0.1, 0.15) is 0 Å². The van der Waals surface area contributed by atoms with Gasteiger partial charge in [-0.2, -0.15) is 0 Å². The number of carboxylic acid groups (broad SMARTS) is 3. The van der Waals surface area contributed by atoms with Crippen LogP contribution in [0.25, 0.3) is 0 Å². The molecule has 0 aromatic heterocycles. The zero-order chi connectivity index (χ0) is 15.6. The molecule has 0 amide bonds. The fourth-order valence-electron chi connectivity index (χ4n) is 0.352. The van der Waals surface area contributed by atoms with Crippen molar-refractivity contribution in [1.82, 2.24) is 0 Å². The Morgan fingerprint density at radius 1 is 0.850 bits per heavy atom. The molecule has 0 aliphatic rings. The smallest absolute Gasteiger partial charge is 0.854 e. The molecule has 0 spiro atoms. The maximum atomic E-state index is 9.69. The molecule has 0 radical (unpaired) electrons. The van der Waals surface area contributed by atoms with Crippen molar-refractivity contribution >= 4 is 26.3 Å². The summed E-state index contributed by atoms with van der Waals surface area (Å²) < 4.78 is 0. The third kappa shape index (κ3) is 794. The predicted molar refractivity (Wildman–Crippen MR) is 74.3 cm³/mol. The summed E-state index contributed by atoms with van der Waals surface area (Å²) in [5.41, 5.74) is 0. The van der Waals surface area contributed by atoms with Crippen LogP contribution < -0.4 is 34.7 Å². The molecule has 0 saturated heterocycles. The zero-order valence-electron chi connectivity index (χ0n) is 12.3. The summed E-state index contributed by atoms with van der Waals surface area (Å²) in [6, 6.07) is 0. The van der Waals surface area contributed by atoms with Crippen LogP contribution >= 0.6 is 0 Å². The summed E-state index contributed by atoms with van der Waals surface area (Å²) in [6.45, 7) is 5.45. The molecule has 0 heterocycles. The van der Waals surface area contributed by atoms with Crippen molar-refractivity contribution in [2.24, 2.45) is 0 Å². The molecule has 0 saturated carbocycles. The Bertz CT molecular complexity index is 168. The average molecular weight is 304 g/mol. The number of aliphatic carboxylic acids is 3. The van der Waals surface area contributed by atoms with E-state index in [2.05, 4.69) is 6.92 Å². The second-order valence-corrected chi connectivity index (χ2v) is 2.97. The van der Waals surface area contributed by atoms with Crippen LogP contribution in [-0.2, 0) is 14.4 Å². The Morgan fingerprint density at radius 3 is 1.10 bits per heavy atom. The normalized spacial score (nSPS) is 6.45. The molecule has 0 rings (SSSR count). The number of hydrogen-bond acceptors (Lipinski definition) is 4. The molecule has 0 unspecified atom stereocenters. The van der Waals surface area contributed by atoms with Crippen molar-refractivity contribution in [2.45, 2.75) is 47.0 Å². The second-order valence-electron chi connectivity index (χ2n) is 2.97. The fourth-order valence-corrected chi connectivity index (χ4v) is 0.352. The van der Waals surface area contributed by atoms with E-state index in [1.165, 1.54) is 0 Å². The first-order valence-electron chi connectivity index (χ1n) is 5.28. The molecule has 116 valence electrons. The average Bonchev–Trinajstić information content (AvgIpc) is 2.11. The van der Waals surface area contributed by atoms with Crippen LogP contribution in [0.5, 0.6) is 0 Å². The van der Waals surface area contributed by atoms with E-state index in [9.17, 15) is 5.11 Å². The van der Waals surface area contributed by atoms with Gasteiger partial charge in [0, 0.05) is 20.8 Å². The molecule has 7 nitrogen and oxygen atoms in total. The van der Waals surface area contributed by atoms with Crippen LogP contribution in [0.3, 0.4) is 0 Å². The summed E-state index contributed by atoms with van der Waals surface area (Å²) in [6.07, 6.45) is 3.11. The molecule has 0 bridgehead atoms. The standard InChI is InChI=1S/C5H11O.3C2H4O2.BH3.Na/c1-2-3-4-5-6;3*1-2(3)4;;/h2-5H2,1H3;3*1H3,(H,3,4);1H3;/q-1;;;;;+1. The summed E-state index contributed by atoms with van der Waals surface area (Å²) in [4.78, 5) is 27.0. The molecule has 0 aromatic carbocycles. The predicted octanol–water partition coefficient (Wildman–Crippen LogP) is -3.37. The fraction of sp³-hybridized carbons (Fsp3) is 0.727. The summed E-state index contributed by atoms with van der Waals surface area (Å²) in [7, 11) is 0. The quantitative estimate of drug-likeness (QED) is 0.366. The number of hydrogen-bond donors (Lipinski definition) is 3. The van der Waals surface area contributed by atoms with E-state index >= 15 is 0 Å². The largest absolute Gasteiger partial charge is 1.00 e. The van der Waals surface area contributed by atoms with Crippen LogP contribution in [-0.4, -0.2) is 48.2 Å². The van der Waals surface area contributed by atoms with E-state index < -0.39 is 17.9 Å². The summed E-state index contributed by atoms with van der Waals surface area (Å²) in [5, 5.41) is 31.9. The van der Waals surface area contributed by atoms with Gasteiger partial charge in [0.05, 0.1) is 8.41 Å². The first kappa shape index (κ1) is 36.6. The minimum Gasteiger partial charge on any atom is -0.854 e. The number of unbranched alkanes of at least 4 members (excludes halogenated alkanes) is 2. The molecule has 9 heteroatoms. The van der Waals surface area contributed by atoms with Gasteiger partial charge >= 0.3 is 29.6 Å². The van der Waals surface area contributed by atoms with Gasteiger partial charge in [0.25, 0.3) is 17.9 Å². The van der Waals surface area contributed by atoms with E-state index in [1.54, 1.807) is 0 Å². The van der Waals surface area contributed by atoms with Crippen LogP contribution in [0.4, 0.5) is 0 Å². The van der Waals surface area contributed by atoms with Crippen molar-refractivity contribution in [2.75, 3.05) is 6.61 Å². The van der Waals surface area contributed by atoms with Crippen LogP contribution in [0.15, 0.2) is 0 Å².